The molecule has 0 aliphatic carbocycles. The first kappa shape index (κ1) is 50.0. The number of para-hydroxylation sites is 3. The number of nitrogens with zero attached hydrogens (tertiary/aromatic N) is 3. The number of fused-ring (bicyclic) bond motifs is 14. The minimum atomic E-state index is -0.205. The zero-order chi connectivity index (χ0) is 58.3. The van der Waals surface area contributed by atoms with Crippen LogP contribution in [-0.4, -0.2) is 15.8 Å². The monoisotopic (exact) mass is 1150 g/mol. The van der Waals surface area contributed by atoms with E-state index < -0.39 is 0 Å². The molecule has 0 radical (unpaired) electrons. The normalized spacial score (nSPS) is 12.4. The van der Waals surface area contributed by atoms with E-state index in [2.05, 4.69) is 329 Å². The molecule has 0 fully saturated rings. The molecule has 0 spiro atoms. The van der Waals surface area contributed by atoms with Gasteiger partial charge in [0.1, 0.15) is 0 Å². The molecule has 0 amide bonds. The molecule has 3 nitrogen and oxygen atoms in total. The lowest BCUT2D eigenvalue weighted by Gasteiger charge is -2.42. The van der Waals surface area contributed by atoms with Crippen LogP contribution in [0.15, 0.2) is 315 Å². The number of hydrogen-bond acceptors (Lipinski definition) is 2. The molecule has 0 atom stereocenters. The molecular formula is C84H52BN3S. The number of thiophene rings is 1. The van der Waals surface area contributed by atoms with Crippen molar-refractivity contribution in [2.24, 2.45) is 0 Å². The zero-order valence-corrected chi connectivity index (χ0v) is 49.2. The minimum absolute atomic E-state index is 0.205. The van der Waals surface area contributed by atoms with Crippen molar-refractivity contribution in [3.05, 3.63) is 315 Å². The molecule has 89 heavy (non-hydrogen) atoms. The summed E-state index contributed by atoms with van der Waals surface area (Å²) >= 11 is 1.93. The fourth-order valence-electron chi connectivity index (χ4n) is 15.2. The summed E-state index contributed by atoms with van der Waals surface area (Å²) in [5.41, 5.74) is 28.7. The van der Waals surface area contributed by atoms with Crippen LogP contribution in [0.5, 0.6) is 0 Å². The Morgan fingerprint density at radius 2 is 0.753 bits per heavy atom. The lowest BCUT2D eigenvalue weighted by atomic mass is 9.33. The molecular weight excluding hydrogens is 1090 g/mol. The van der Waals surface area contributed by atoms with E-state index in [1.165, 1.54) is 136 Å². The van der Waals surface area contributed by atoms with Crippen molar-refractivity contribution >= 4 is 115 Å². The average molecular weight is 1150 g/mol. The minimum Gasteiger partial charge on any atom is -0.310 e. The predicted octanol–water partition coefficient (Wildman–Crippen LogP) is 20.9. The third kappa shape index (κ3) is 7.53. The van der Waals surface area contributed by atoms with E-state index in [-0.39, 0.29) is 6.71 Å². The molecule has 0 bridgehead atoms. The highest BCUT2D eigenvalue weighted by Gasteiger charge is 2.46. The standard InChI is InChI=1S/C84H52BN3S/c1-5-20-53(21-6-1)56-36-40-59(41-37-56)64-31-19-32-65(60-42-38-57(39-43-60)54-22-7-2-8-23-54)81(64)87-75-49-45-62(86-73-33-16-13-28-66(73)67-29-14-17-34-74(67)86)51-72(75)85-79-63(58-26-11-4-12-27-58)47-48-70-68-46-44-61(55-24-9-3-10-25-55)50-76(68)88(82(70)79)83-80(85)77(87)52-71-69-30-15-18-35-78(69)89-84(71)83/h1-52H. The van der Waals surface area contributed by atoms with Crippen LogP contribution < -0.4 is 21.3 Å². The van der Waals surface area contributed by atoms with Gasteiger partial charge in [0.15, 0.2) is 0 Å². The van der Waals surface area contributed by atoms with Crippen LogP contribution in [-0.2, 0) is 0 Å². The number of rotatable bonds is 8. The summed E-state index contributed by atoms with van der Waals surface area (Å²) in [6, 6.07) is 118. The summed E-state index contributed by atoms with van der Waals surface area (Å²) in [5.74, 6) is 0. The van der Waals surface area contributed by atoms with Crippen molar-refractivity contribution in [2.75, 3.05) is 4.90 Å². The summed E-state index contributed by atoms with van der Waals surface area (Å²) in [6.45, 7) is -0.205. The molecule has 0 N–H and O–H groups in total. The second-order valence-corrected chi connectivity index (χ2v) is 24.9. The molecule has 17 aromatic rings. The van der Waals surface area contributed by atoms with Gasteiger partial charge >= 0.3 is 0 Å². The first-order valence-corrected chi connectivity index (χ1v) is 31.6. The van der Waals surface area contributed by atoms with E-state index in [0.29, 0.717) is 0 Å². The van der Waals surface area contributed by atoms with E-state index in [9.17, 15) is 0 Å². The largest absolute Gasteiger partial charge is 0.310 e. The summed E-state index contributed by atoms with van der Waals surface area (Å²) in [6.07, 6.45) is 0. The van der Waals surface area contributed by atoms with Crippen LogP contribution >= 0.6 is 11.3 Å². The van der Waals surface area contributed by atoms with E-state index in [1.807, 2.05) is 11.3 Å². The van der Waals surface area contributed by atoms with Gasteiger partial charge in [-0.2, -0.15) is 0 Å². The Morgan fingerprint density at radius 3 is 1.37 bits per heavy atom. The molecule has 2 aliphatic rings. The van der Waals surface area contributed by atoms with Crippen molar-refractivity contribution in [3.63, 3.8) is 0 Å². The van der Waals surface area contributed by atoms with E-state index in [4.69, 9.17) is 0 Å². The molecule has 3 aromatic heterocycles. The Kier molecular flexibility index (Phi) is 11.0. The maximum absolute atomic E-state index is 2.71. The van der Waals surface area contributed by atoms with Crippen molar-refractivity contribution in [1.82, 2.24) is 9.13 Å². The highest BCUT2D eigenvalue weighted by Crippen LogP contribution is 2.53. The molecule has 0 saturated heterocycles. The number of anilines is 3. The van der Waals surface area contributed by atoms with Crippen molar-refractivity contribution in [1.29, 1.82) is 0 Å². The lowest BCUT2D eigenvalue weighted by Crippen LogP contribution is -2.61. The zero-order valence-electron chi connectivity index (χ0n) is 48.3. The fourth-order valence-corrected chi connectivity index (χ4v) is 16.4. The first-order chi connectivity index (χ1) is 44.2. The van der Waals surface area contributed by atoms with Crippen LogP contribution in [0.2, 0.25) is 0 Å². The van der Waals surface area contributed by atoms with Crippen molar-refractivity contribution in [3.8, 4) is 78.1 Å². The Labute approximate surface area is 519 Å². The number of benzene rings is 14. The van der Waals surface area contributed by atoms with E-state index in [0.717, 1.165) is 39.3 Å². The molecule has 0 saturated carbocycles. The van der Waals surface area contributed by atoms with Gasteiger partial charge in [-0.1, -0.05) is 267 Å². The van der Waals surface area contributed by atoms with Gasteiger partial charge in [0, 0.05) is 65.2 Å². The van der Waals surface area contributed by atoms with Gasteiger partial charge in [-0.3, -0.25) is 0 Å². The second-order valence-electron chi connectivity index (χ2n) is 23.8. The van der Waals surface area contributed by atoms with Gasteiger partial charge in [0.25, 0.3) is 6.71 Å². The molecule has 5 heterocycles. The third-order valence-electron chi connectivity index (χ3n) is 19.1. The Hall–Kier alpha value is -11.2. The highest BCUT2D eigenvalue weighted by molar-refractivity contribution is 7.26. The maximum Gasteiger partial charge on any atom is 0.253 e. The first-order valence-electron chi connectivity index (χ1n) is 30.8. The second kappa shape index (κ2) is 19.6. The van der Waals surface area contributed by atoms with Gasteiger partial charge in [-0.25, -0.2) is 0 Å². The maximum atomic E-state index is 2.71. The van der Waals surface area contributed by atoms with Crippen LogP contribution in [0.4, 0.5) is 17.1 Å². The molecule has 14 aromatic carbocycles. The van der Waals surface area contributed by atoms with E-state index in [1.54, 1.807) is 0 Å². The van der Waals surface area contributed by atoms with Gasteiger partial charge in [0.05, 0.1) is 38.1 Å². The summed E-state index contributed by atoms with van der Waals surface area (Å²) in [5, 5.41) is 7.50. The lowest BCUT2D eigenvalue weighted by molar-refractivity contribution is 1.17. The third-order valence-corrected chi connectivity index (χ3v) is 20.3. The van der Waals surface area contributed by atoms with Crippen LogP contribution in [0.25, 0.3) is 142 Å². The number of aromatic nitrogens is 2. The predicted molar refractivity (Wildman–Crippen MR) is 380 cm³/mol. The molecule has 412 valence electrons. The number of hydrogen-bond donors (Lipinski definition) is 0. The van der Waals surface area contributed by atoms with Crippen LogP contribution in [0.1, 0.15) is 0 Å². The Bertz CT molecular complexity index is 5550. The van der Waals surface area contributed by atoms with Crippen molar-refractivity contribution in [2.45, 2.75) is 0 Å². The smallest absolute Gasteiger partial charge is 0.253 e. The molecule has 0 unspecified atom stereocenters. The topological polar surface area (TPSA) is 13.1 Å². The Balaban J connectivity index is 0.987. The van der Waals surface area contributed by atoms with E-state index >= 15 is 0 Å². The van der Waals surface area contributed by atoms with Gasteiger partial charge in [0.2, 0.25) is 0 Å². The van der Waals surface area contributed by atoms with Crippen LogP contribution in [0, 0.1) is 0 Å². The van der Waals surface area contributed by atoms with Gasteiger partial charge in [-0.15, -0.1) is 11.3 Å². The fraction of sp³-hybridized carbons (Fsp3) is 0. The summed E-state index contributed by atoms with van der Waals surface area (Å²) in [4.78, 5) is 2.70. The quantitative estimate of drug-likeness (QED) is 0.138. The van der Waals surface area contributed by atoms with Gasteiger partial charge < -0.3 is 14.0 Å². The SMILES string of the molecule is c1ccc(-c2ccc(-c3cccc(-c4ccc(-c5ccccc5)cc4)c3N3c4ccc(-n5c6ccccc6c6ccccc65)cc4B4c5c3cc3c(sc6ccccc63)c5-n3c5cc(-c6ccccc6)ccc5c5ccc(-c6ccccc6)c4c53)cc2)cc1. The Morgan fingerprint density at radius 1 is 0.270 bits per heavy atom. The summed E-state index contributed by atoms with van der Waals surface area (Å²) in [7, 11) is 0. The molecule has 5 heteroatoms. The molecule has 19 rings (SSSR count). The van der Waals surface area contributed by atoms with Gasteiger partial charge in [-0.05, 0) is 121 Å². The molecule has 2 aliphatic heterocycles. The summed E-state index contributed by atoms with van der Waals surface area (Å²) < 4.78 is 7.78. The average Bonchev–Trinajstić information content (AvgIpc) is 1.64. The van der Waals surface area contributed by atoms with Crippen molar-refractivity contribution < 1.29 is 0 Å². The highest BCUT2D eigenvalue weighted by atomic mass is 32.1. The van der Waals surface area contributed by atoms with Crippen LogP contribution in [0.3, 0.4) is 0 Å².